The molecule has 7 heteroatoms. The van der Waals surface area contributed by atoms with E-state index >= 15 is 0 Å². The van der Waals surface area contributed by atoms with E-state index in [0.717, 1.165) is 8.98 Å². The van der Waals surface area contributed by atoms with Gasteiger partial charge in [0.15, 0.2) is 5.69 Å². The van der Waals surface area contributed by atoms with Crippen LogP contribution in [-0.4, -0.2) is 7.76 Å². The van der Waals surface area contributed by atoms with Crippen molar-refractivity contribution in [2.75, 3.05) is 0 Å². The number of halogens is 1. The minimum absolute atomic E-state index is 0.306. The molecule has 1 N–H and O–H groups in total. The van der Waals surface area contributed by atoms with Gasteiger partial charge < -0.3 is 0 Å². The van der Waals surface area contributed by atoms with Gasteiger partial charge in [-0.3, -0.25) is 9.78 Å². The van der Waals surface area contributed by atoms with E-state index in [2.05, 4.69) is 5.18 Å². The Morgan fingerprint density at radius 1 is 1.55 bits per heavy atom. The Hall–Kier alpha value is -0.990. The van der Waals surface area contributed by atoms with Gasteiger partial charge in [0, 0.05) is 0 Å². The molecule has 0 amide bonds. The zero-order valence-corrected chi connectivity index (χ0v) is 7.23. The first-order valence-corrected chi connectivity index (χ1v) is 3.47. The smallest absolute Gasteiger partial charge is 0.271 e. The van der Waals surface area contributed by atoms with Gasteiger partial charge in [0.1, 0.15) is 0 Å². The number of hydrogen-bond donors (Lipinski definition) is 1. The van der Waals surface area contributed by atoms with Crippen LogP contribution in [0.25, 0.3) is 0 Å². The summed E-state index contributed by atoms with van der Waals surface area (Å²) < 4.78 is 1.04. The second kappa shape index (κ2) is 2.95. The van der Waals surface area contributed by atoms with Crippen LogP contribution in [0.5, 0.6) is 0 Å². The van der Waals surface area contributed by atoms with Crippen molar-refractivity contribution in [2.45, 2.75) is 0 Å². The second-order valence-corrected chi connectivity index (χ2v) is 2.72. The summed E-state index contributed by atoms with van der Waals surface area (Å²) in [6, 6.07) is 0. The first-order valence-electron chi connectivity index (χ1n) is 2.50. The predicted molar refractivity (Wildman–Crippen MR) is 46.2 cm³/mol. The molecule has 0 bridgehead atoms. The van der Waals surface area contributed by atoms with Crippen molar-refractivity contribution >= 4 is 28.6 Å². The lowest BCUT2D eigenvalue weighted by molar-refractivity contribution is 1.01. The second-order valence-electron chi connectivity index (χ2n) is 1.68. The van der Waals surface area contributed by atoms with Crippen LogP contribution < -0.4 is 11.2 Å². The molecule has 6 nitrogen and oxygen atoms in total. The molecule has 1 aromatic rings. The minimum atomic E-state index is -0.766. The van der Waals surface area contributed by atoms with E-state index in [4.69, 9.17) is 0 Å². The lowest BCUT2D eigenvalue weighted by Gasteiger charge is -1.90. The zero-order valence-electron chi connectivity index (χ0n) is 5.07. The van der Waals surface area contributed by atoms with E-state index < -0.39 is 11.2 Å². The summed E-state index contributed by atoms with van der Waals surface area (Å²) in [5, 5.41) is 2.41. The van der Waals surface area contributed by atoms with Crippen molar-refractivity contribution in [3.8, 4) is 0 Å². The summed E-state index contributed by atoms with van der Waals surface area (Å²) in [5.41, 5.74) is -1.65. The molecule has 0 radical (unpaired) electrons. The van der Waals surface area contributed by atoms with Gasteiger partial charge in [-0.1, -0.05) is 0 Å². The standard InChI is InChI=1S/C4H2IN3O3/c5-8-1-2(7-11)3(9)6-4(8)10/h1H,(H,6,9,10). The molecule has 11 heavy (non-hydrogen) atoms. The van der Waals surface area contributed by atoms with Crippen molar-refractivity contribution in [2.24, 2.45) is 5.18 Å². The molecule has 0 saturated heterocycles. The number of H-pyrrole nitrogens is 1. The van der Waals surface area contributed by atoms with Crippen molar-refractivity contribution in [1.82, 2.24) is 7.76 Å². The van der Waals surface area contributed by atoms with Gasteiger partial charge in [-0.05, 0) is 5.18 Å². The first-order chi connectivity index (χ1) is 5.15. The Balaban J connectivity index is 3.57. The Kier molecular flexibility index (Phi) is 2.17. The SMILES string of the molecule is O=Nc1cn(I)c(=O)[nH]c1=O. The summed E-state index contributed by atoms with van der Waals surface area (Å²) in [5.74, 6) is 0. The van der Waals surface area contributed by atoms with E-state index in [-0.39, 0.29) is 5.69 Å². The predicted octanol–water partition coefficient (Wildman–Crippen LogP) is 0.133. The van der Waals surface area contributed by atoms with Crippen LogP contribution in [-0.2, 0) is 0 Å². The molecule has 1 rings (SSSR count). The van der Waals surface area contributed by atoms with E-state index in [1.54, 1.807) is 22.9 Å². The summed E-state index contributed by atoms with van der Waals surface area (Å²) in [4.78, 5) is 33.1. The van der Waals surface area contributed by atoms with Gasteiger partial charge in [0.25, 0.3) is 5.56 Å². The fraction of sp³-hybridized carbons (Fsp3) is 0. The van der Waals surface area contributed by atoms with Crippen LogP contribution in [0.3, 0.4) is 0 Å². The lowest BCUT2D eigenvalue weighted by Crippen LogP contribution is -2.24. The third-order valence-corrected chi connectivity index (χ3v) is 1.70. The summed E-state index contributed by atoms with van der Waals surface area (Å²) >= 11 is 1.63. The molecule has 1 aromatic heterocycles. The van der Waals surface area contributed by atoms with E-state index in [9.17, 15) is 14.5 Å². The number of nitrogens with zero attached hydrogens (tertiary/aromatic N) is 2. The summed E-state index contributed by atoms with van der Waals surface area (Å²) in [7, 11) is 0. The molecule has 0 spiro atoms. The number of aromatic nitrogens is 2. The van der Waals surface area contributed by atoms with Gasteiger partial charge in [0.2, 0.25) is 0 Å². The maximum absolute atomic E-state index is 10.7. The van der Waals surface area contributed by atoms with E-state index in [0.29, 0.717) is 0 Å². The van der Waals surface area contributed by atoms with E-state index in [1.807, 2.05) is 4.98 Å². The molecule has 0 aliphatic carbocycles. The van der Waals surface area contributed by atoms with Gasteiger partial charge in [0.05, 0.1) is 29.1 Å². The summed E-state index contributed by atoms with van der Waals surface area (Å²) in [6.45, 7) is 0. The quantitative estimate of drug-likeness (QED) is 0.579. The Morgan fingerprint density at radius 3 is 2.73 bits per heavy atom. The number of nitrogens with one attached hydrogen (secondary N) is 1. The molecule has 0 unspecified atom stereocenters. The van der Waals surface area contributed by atoms with Crippen LogP contribution in [0, 0.1) is 4.91 Å². The highest BCUT2D eigenvalue weighted by Crippen LogP contribution is 2.00. The average molecular weight is 267 g/mol. The molecule has 0 aliphatic heterocycles. The maximum Gasteiger partial charge on any atom is 0.337 e. The van der Waals surface area contributed by atoms with Crippen LogP contribution in [0.1, 0.15) is 0 Å². The molecular weight excluding hydrogens is 265 g/mol. The van der Waals surface area contributed by atoms with E-state index in [1.165, 1.54) is 0 Å². The maximum atomic E-state index is 10.7. The first kappa shape index (κ1) is 8.11. The van der Waals surface area contributed by atoms with Crippen LogP contribution in [0.15, 0.2) is 21.0 Å². The highest BCUT2D eigenvalue weighted by molar-refractivity contribution is 14.1. The minimum Gasteiger partial charge on any atom is -0.271 e. The van der Waals surface area contributed by atoms with Crippen molar-refractivity contribution in [3.05, 3.63) is 31.9 Å². The van der Waals surface area contributed by atoms with Crippen LogP contribution in [0.2, 0.25) is 0 Å². The van der Waals surface area contributed by atoms with Gasteiger partial charge in [-0.25, -0.2) is 7.58 Å². The highest BCUT2D eigenvalue weighted by atomic mass is 127. The highest BCUT2D eigenvalue weighted by Gasteiger charge is 2.01. The van der Waals surface area contributed by atoms with Crippen molar-refractivity contribution < 1.29 is 0 Å². The molecular formula is C4H2IN3O3. The number of aromatic amines is 1. The van der Waals surface area contributed by atoms with Crippen molar-refractivity contribution in [3.63, 3.8) is 0 Å². The monoisotopic (exact) mass is 267 g/mol. The molecule has 0 aliphatic rings. The normalized spacial score (nSPS) is 9.55. The number of hydrogen-bond acceptors (Lipinski definition) is 4. The molecule has 0 saturated carbocycles. The van der Waals surface area contributed by atoms with Crippen molar-refractivity contribution in [1.29, 1.82) is 0 Å². The van der Waals surface area contributed by atoms with Gasteiger partial charge in [-0.2, -0.15) is 0 Å². The Bertz CT molecular complexity index is 392. The largest absolute Gasteiger partial charge is 0.337 e. The van der Waals surface area contributed by atoms with Gasteiger partial charge >= 0.3 is 5.69 Å². The number of nitroso groups, excluding NO2 is 1. The lowest BCUT2D eigenvalue weighted by atomic mass is 10.6. The molecule has 58 valence electrons. The number of rotatable bonds is 1. The molecule has 0 aromatic carbocycles. The molecule has 1 heterocycles. The Labute approximate surface area is 73.7 Å². The van der Waals surface area contributed by atoms with Crippen LogP contribution >= 0.6 is 22.9 Å². The summed E-state index contributed by atoms with van der Waals surface area (Å²) in [6.07, 6.45) is 1.06. The average Bonchev–Trinajstić information content (AvgIpc) is 1.97. The third-order valence-electron chi connectivity index (χ3n) is 0.981. The fourth-order valence-corrected chi connectivity index (χ4v) is 0.889. The van der Waals surface area contributed by atoms with Gasteiger partial charge in [-0.15, -0.1) is 4.91 Å². The topological polar surface area (TPSA) is 84.3 Å². The Morgan fingerprint density at radius 2 is 2.18 bits per heavy atom. The zero-order chi connectivity index (χ0) is 8.43. The molecule has 0 fully saturated rings. The fourth-order valence-electron chi connectivity index (χ4n) is 0.504. The van der Waals surface area contributed by atoms with Crippen LogP contribution in [0.4, 0.5) is 5.69 Å². The molecule has 0 atom stereocenters. The third kappa shape index (κ3) is 1.53.